The molecule has 0 aliphatic rings. The first kappa shape index (κ1) is 17.9. The molecule has 0 radical (unpaired) electrons. The molecule has 10 nitrogen and oxygen atoms in total. The molecule has 29 heavy (non-hydrogen) atoms. The van der Waals surface area contributed by atoms with Crippen LogP contribution in [0.3, 0.4) is 0 Å². The lowest BCUT2D eigenvalue weighted by atomic mass is 10.2. The predicted molar refractivity (Wildman–Crippen MR) is 110 cm³/mol. The van der Waals surface area contributed by atoms with Crippen molar-refractivity contribution in [3.05, 3.63) is 71.2 Å². The number of aliphatic imine (C=N–C) groups is 2. The second-order valence-corrected chi connectivity index (χ2v) is 6.06. The molecule has 0 atom stereocenters. The molecule has 6 N–H and O–H groups in total. The Morgan fingerprint density at radius 2 is 1.83 bits per heavy atom. The number of rotatable bonds is 3. The molecule has 2 aromatic heterocycles. The van der Waals surface area contributed by atoms with E-state index in [0.29, 0.717) is 22.4 Å². The zero-order valence-electron chi connectivity index (χ0n) is 15.1. The van der Waals surface area contributed by atoms with Crippen molar-refractivity contribution in [2.24, 2.45) is 27.2 Å². The minimum Gasteiger partial charge on any atom is -0.421 e. The Labute approximate surface area is 164 Å². The summed E-state index contributed by atoms with van der Waals surface area (Å²) in [5.41, 5.74) is 18.1. The van der Waals surface area contributed by atoms with E-state index in [1.807, 2.05) is 30.3 Å². The minimum atomic E-state index is -0.569. The van der Waals surface area contributed by atoms with Crippen LogP contribution in [0.5, 0.6) is 0 Å². The molecular weight excluding hydrogens is 372 g/mol. The average molecular weight is 388 g/mol. The van der Waals surface area contributed by atoms with Gasteiger partial charge in [0.2, 0.25) is 5.96 Å². The standard InChI is InChI=1S/C19H16N8O2/c20-18(21)24-19(22)23-13-7-6-12-8-15(17(28)29-16(12)9-13)27-10-14(25-26-27)11-4-2-1-3-5-11/h1-10H,(H6,20,21,22,23,24). The monoisotopic (exact) mass is 388 g/mol. The van der Waals surface area contributed by atoms with Crippen LogP contribution in [-0.4, -0.2) is 26.9 Å². The summed E-state index contributed by atoms with van der Waals surface area (Å²) in [6.07, 6.45) is 1.67. The fraction of sp³-hybridized carbons (Fsp3) is 0. The van der Waals surface area contributed by atoms with Gasteiger partial charge >= 0.3 is 5.63 Å². The number of hydrogen-bond donors (Lipinski definition) is 3. The zero-order valence-corrected chi connectivity index (χ0v) is 15.1. The van der Waals surface area contributed by atoms with Gasteiger partial charge in [-0.25, -0.2) is 14.5 Å². The first-order chi connectivity index (χ1) is 14.0. The molecule has 0 saturated heterocycles. The van der Waals surface area contributed by atoms with Crippen LogP contribution < -0.4 is 22.8 Å². The van der Waals surface area contributed by atoms with Crippen LogP contribution in [0, 0.1) is 0 Å². The molecule has 0 bridgehead atoms. The van der Waals surface area contributed by atoms with Gasteiger partial charge in [0.05, 0.1) is 11.9 Å². The molecule has 0 aliphatic carbocycles. The average Bonchev–Trinajstić information content (AvgIpc) is 3.17. The van der Waals surface area contributed by atoms with E-state index in [1.54, 1.807) is 30.5 Å². The molecule has 0 saturated carbocycles. The quantitative estimate of drug-likeness (QED) is 0.270. The number of nitrogens with zero attached hydrogens (tertiary/aromatic N) is 5. The van der Waals surface area contributed by atoms with Gasteiger partial charge in [-0.3, -0.25) is 0 Å². The van der Waals surface area contributed by atoms with Crippen LogP contribution in [0.4, 0.5) is 5.69 Å². The summed E-state index contributed by atoms with van der Waals surface area (Å²) >= 11 is 0. The van der Waals surface area contributed by atoms with Crippen molar-refractivity contribution in [1.82, 2.24) is 15.0 Å². The Bertz CT molecular complexity index is 1300. The smallest absolute Gasteiger partial charge is 0.362 e. The SMILES string of the molecule is NC(N)=NC(N)=Nc1ccc2cc(-n3cc(-c4ccccc4)nn3)c(=O)oc2c1. The molecule has 0 aliphatic heterocycles. The van der Waals surface area contributed by atoms with Gasteiger partial charge in [-0.2, -0.15) is 4.99 Å². The van der Waals surface area contributed by atoms with Gasteiger partial charge in [-0.05, 0) is 18.2 Å². The summed E-state index contributed by atoms with van der Waals surface area (Å²) in [6.45, 7) is 0. The van der Waals surface area contributed by atoms with Crippen molar-refractivity contribution in [2.75, 3.05) is 0 Å². The zero-order chi connectivity index (χ0) is 20.4. The third-order valence-corrected chi connectivity index (χ3v) is 4.00. The van der Waals surface area contributed by atoms with E-state index in [0.717, 1.165) is 5.56 Å². The summed E-state index contributed by atoms with van der Waals surface area (Å²) in [6, 6.07) is 16.2. The van der Waals surface area contributed by atoms with E-state index >= 15 is 0 Å². The maximum atomic E-state index is 12.5. The summed E-state index contributed by atoms with van der Waals surface area (Å²) < 4.78 is 6.81. The first-order valence-electron chi connectivity index (χ1n) is 8.49. The second-order valence-electron chi connectivity index (χ2n) is 6.06. The van der Waals surface area contributed by atoms with Gasteiger partial charge in [0, 0.05) is 17.0 Å². The molecular formula is C19H16N8O2. The van der Waals surface area contributed by atoms with E-state index in [2.05, 4.69) is 20.3 Å². The van der Waals surface area contributed by atoms with Crippen molar-refractivity contribution in [3.8, 4) is 16.9 Å². The summed E-state index contributed by atoms with van der Waals surface area (Å²) in [7, 11) is 0. The Hall–Kier alpha value is -4.47. The van der Waals surface area contributed by atoms with Gasteiger partial charge < -0.3 is 21.6 Å². The van der Waals surface area contributed by atoms with Gasteiger partial charge in [-0.15, -0.1) is 5.10 Å². The van der Waals surface area contributed by atoms with Crippen molar-refractivity contribution < 1.29 is 4.42 Å². The number of aromatic nitrogens is 3. The summed E-state index contributed by atoms with van der Waals surface area (Å²) in [5.74, 6) is -0.315. The highest BCUT2D eigenvalue weighted by Gasteiger charge is 2.11. The Morgan fingerprint density at radius 3 is 2.59 bits per heavy atom. The van der Waals surface area contributed by atoms with Gasteiger partial charge in [-0.1, -0.05) is 35.5 Å². The van der Waals surface area contributed by atoms with Crippen LogP contribution >= 0.6 is 0 Å². The molecule has 4 rings (SSSR count). The number of nitrogens with two attached hydrogens (primary N) is 3. The largest absolute Gasteiger partial charge is 0.421 e. The Kier molecular flexibility index (Phi) is 4.49. The van der Waals surface area contributed by atoms with Crippen LogP contribution in [-0.2, 0) is 0 Å². The van der Waals surface area contributed by atoms with E-state index < -0.39 is 5.63 Å². The van der Waals surface area contributed by atoms with E-state index in [4.69, 9.17) is 21.6 Å². The molecule has 4 aromatic rings. The van der Waals surface area contributed by atoms with Crippen molar-refractivity contribution in [3.63, 3.8) is 0 Å². The lowest BCUT2D eigenvalue weighted by Gasteiger charge is -2.03. The van der Waals surface area contributed by atoms with Gasteiger partial charge in [0.25, 0.3) is 0 Å². The van der Waals surface area contributed by atoms with Gasteiger partial charge in [0.15, 0.2) is 11.6 Å². The van der Waals surface area contributed by atoms with Crippen LogP contribution in [0.15, 0.2) is 80.0 Å². The fourth-order valence-corrected chi connectivity index (χ4v) is 2.73. The number of benzene rings is 2. The third-order valence-electron chi connectivity index (χ3n) is 4.00. The highest BCUT2D eigenvalue weighted by atomic mass is 16.4. The van der Waals surface area contributed by atoms with Crippen LogP contribution in [0.25, 0.3) is 27.9 Å². The predicted octanol–water partition coefficient (Wildman–Crippen LogP) is 1.26. The molecule has 0 unspecified atom stereocenters. The molecule has 2 aromatic carbocycles. The summed E-state index contributed by atoms with van der Waals surface area (Å²) in [4.78, 5) is 20.2. The molecule has 0 spiro atoms. The van der Waals surface area contributed by atoms with Crippen molar-refractivity contribution in [2.45, 2.75) is 0 Å². The first-order valence-corrected chi connectivity index (χ1v) is 8.49. The normalized spacial score (nSPS) is 11.5. The van der Waals surface area contributed by atoms with Crippen molar-refractivity contribution in [1.29, 1.82) is 0 Å². The molecule has 0 amide bonds. The maximum Gasteiger partial charge on any atom is 0.362 e. The topological polar surface area (TPSA) is 164 Å². The fourth-order valence-electron chi connectivity index (χ4n) is 2.73. The lowest BCUT2D eigenvalue weighted by Crippen LogP contribution is -2.26. The highest BCUT2D eigenvalue weighted by molar-refractivity contribution is 5.94. The van der Waals surface area contributed by atoms with Gasteiger partial charge in [0.1, 0.15) is 11.3 Å². The number of guanidine groups is 2. The Morgan fingerprint density at radius 1 is 1.03 bits per heavy atom. The minimum absolute atomic E-state index is 0.112. The number of fused-ring (bicyclic) bond motifs is 1. The molecule has 2 heterocycles. The van der Waals surface area contributed by atoms with E-state index in [-0.39, 0.29) is 17.6 Å². The molecule has 144 valence electrons. The van der Waals surface area contributed by atoms with E-state index in [9.17, 15) is 4.79 Å². The molecule has 0 fully saturated rings. The van der Waals surface area contributed by atoms with Crippen LogP contribution in [0.2, 0.25) is 0 Å². The van der Waals surface area contributed by atoms with Crippen LogP contribution in [0.1, 0.15) is 0 Å². The van der Waals surface area contributed by atoms with Crippen molar-refractivity contribution >= 4 is 28.6 Å². The highest BCUT2D eigenvalue weighted by Crippen LogP contribution is 2.22. The van der Waals surface area contributed by atoms with E-state index in [1.165, 1.54) is 4.68 Å². The Balaban J connectivity index is 1.72. The summed E-state index contributed by atoms with van der Waals surface area (Å²) in [5, 5.41) is 8.84. The lowest BCUT2D eigenvalue weighted by molar-refractivity contribution is 0.550. The molecule has 10 heteroatoms. The maximum absolute atomic E-state index is 12.5. The third kappa shape index (κ3) is 3.81. The second kappa shape index (κ2) is 7.27. The number of hydrogen-bond acceptors (Lipinski definition) is 5.